The van der Waals surface area contributed by atoms with E-state index in [0.717, 1.165) is 18.8 Å². The number of hydrogen-bond acceptors (Lipinski definition) is 4. The van der Waals surface area contributed by atoms with Crippen molar-refractivity contribution in [2.75, 3.05) is 19.7 Å². The van der Waals surface area contributed by atoms with Crippen LogP contribution in [-0.4, -0.2) is 40.6 Å². The second-order valence-electron chi connectivity index (χ2n) is 5.66. The molecular formula is C14H23N3O2. The molecule has 19 heavy (non-hydrogen) atoms. The molecule has 1 unspecified atom stereocenters. The van der Waals surface area contributed by atoms with Gasteiger partial charge in [0.1, 0.15) is 11.9 Å². The zero-order valence-corrected chi connectivity index (χ0v) is 12.1. The number of aromatic amines is 1. The molecule has 1 atom stereocenters. The Morgan fingerprint density at radius 1 is 1.42 bits per heavy atom. The number of H-pyrrole nitrogens is 1. The molecule has 1 aromatic rings. The van der Waals surface area contributed by atoms with Gasteiger partial charge in [0.25, 0.3) is 5.56 Å². The van der Waals surface area contributed by atoms with Crippen LogP contribution in [0.25, 0.3) is 0 Å². The quantitative estimate of drug-likeness (QED) is 0.903. The van der Waals surface area contributed by atoms with Gasteiger partial charge in [-0.05, 0) is 19.8 Å². The molecule has 1 aliphatic rings. The highest BCUT2D eigenvalue weighted by molar-refractivity contribution is 5.09. The number of rotatable bonds is 3. The molecule has 5 nitrogen and oxygen atoms in total. The number of ether oxygens (including phenoxy) is 1. The third-order valence-corrected chi connectivity index (χ3v) is 3.50. The van der Waals surface area contributed by atoms with Crippen LogP contribution < -0.4 is 5.56 Å². The van der Waals surface area contributed by atoms with E-state index < -0.39 is 0 Å². The number of morpholine rings is 1. The van der Waals surface area contributed by atoms with E-state index in [-0.39, 0.29) is 17.6 Å². The summed E-state index contributed by atoms with van der Waals surface area (Å²) in [5, 5.41) is 0. The Bertz CT molecular complexity index is 482. The lowest BCUT2D eigenvalue weighted by atomic mass is 10.1. The Labute approximate surface area is 114 Å². The molecule has 0 aliphatic carbocycles. The zero-order chi connectivity index (χ0) is 14.0. The predicted octanol–water partition coefficient (Wildman–Crippen LogP) is 1.67. The summed E-state index contributed by atoms with van der Waals surface area (Å²) in [5.74, 6) is 0.896. The summed E-state index contributed by atoms with van der Waals surface area (Å²) >= 11 is 0. The van der Waals surface area contributed by atoms with Gasteiger partial charge in [-0.2, -0.15) is 0 Å². The van der Waals surface area contributed by atoms with Crippen LogP contribution in [-0.2, 0) is 4.74 Å². The molecule has 0 saturated carbocycles. The second kappa shape index (κ2) is 5.84. The molecule has 106 valence electrons. The summed E-state index contributed by atoms with van der Waals surface area (Å²) in [5.41, 5.74) is 0.725. The lowest BCUT2D eigenvalue weighted by Crippen LogP contribution is -2.43. The molecule has 2 rings (SSSR count). The van der Waals surface area contributed by atoms with Gasteiger partial charge in [-0.15, -0.1) is 0 Å². The van der Waals surface area contributed by atoms with E-state index in [2.05, 4.69) is 28.7 Å². The fraction of sp³-hybridized carbons (Fsp3) is 0.714. The molecular weight excluding hydrogens is 242 g/mol. The van der Waals surface area contributed by atoms with Crippen molar-refractivity contribution < 1.29 is 4.74 Å². The van der Waals surface area contributed by atoms with E-state index >= 15 is 0 Å². The Balaban J connectivity index is 2.23. The second-order valence-corrected chi connectivity index (χ2v) is 5.66. The first kappa shape index (κ1) is 14.2. The van der Waals surface area contributed by atoms with Crippen LogP contribution in [0, 0.1) is 0 Å². The van der Waals surface area contributed by atoms with Crippen molar-refractivity contribution in [1.82, 2.24) is 14.9 Å². The number of aromatic nitrogens is 2. The molecule has 5 heteroatoms. The van der Waals surface area contributed by atoms with Crippen LogP contribution >= 0.6 is 0 Å². The third kappa shape index (κ3) is 3.42. The molecule has 0 bridgehead atoms. The molecule has 0 spiro atoms. The van der Waals surface area contributed by atoms with E-state index in [1.165, 1.54) is 0 Å². The first-order chi connectivity index (χ1) is 8.97. The molecule has 1 aliphatic heterocycles. The van der Waals surface area contributed by atoms with E-state index in [9.17, 15) is 4.79 Å². The summed E-state index contributed by atoms with van der Waals surface area (Å²) in [6.45, 7) is 10.8. The topological polar surface area (TPSA) is 58.2 Å². The minimum absolute atomic E-state index is 0.0982. The smallest absolute Gasteiger partial charge is 0.251 e. The van der Waals surface area contributed by atoms with Crippen LogP contribution in [0.3, 0.4) is 0 Å². The van der Waals surface area contributed by atoms with E-state index in [4.69, 9.17) is 4.74 Å². The molecule has 0 radical (unpaired) electrons. The van der Waals surface area contributed by atoms with Crippen molar-refractivity contribution >= 4 is 0 Å². The average molecular weight is 265 g/mol. The molecule has 0 aromatic carbocycles. The average Bonchev–Trinajstić information content (AvgIpc) is 2.38. The molecule has 1 fully saturated rings. The molecule has 0 amide bonds. The van der Waals surface area contributed by atoms with Crippen molar-refractivity contribution in [3.05, 3.63) is 27.9 Å². The number of hydrogen-bond donors (Lipinski definition) is 1. The third-order valence-electron chi connectivity index (χ3n) is 3.50. The summed E-state index contributed by atoms with van der Waals surface area (Å²) in [4.78, 5) is 21.4. The van der Waals surface area contributed by atoms with E-state index in [1.54, 1.807) is 6.07 Å². The summed E-state index contributed by atoms with van der Waals surface area (Å²) in [7, 11) is 0. The van der Waals surface area contributed by atoms with Crippen LogP contribution in [0.2, 0.25) is 0 Å². The van der Waals surface area contributed by atoms with Gasteiger partial charge in [-0.1, -0.05) is 13.8 Å². The Kier molecular flexibility index (Phi) is 4.37. The van der Waals surface area contributed by atoms with Crippen LogP contribution in [0.5, 0.6) is 0 Å². The van der Waals surface area contributed by atoms with Gasteiger partial charge in [0.15, 0.2) is 0 Å². The number of nitrogens with one attached hydrogen (secondary N) is 1. The van der Waals surface area contributed by atoms with E-state index in [0.29, 0.717) is 18.5 Å². The standard InChI is InChI=1S/C14H23N3O2/c1-9(2)11-7-13(18)16-14(15-11)12-8-17(10(3)4)5-6-19-12/h7,9-10,12H,5-6,8H2,1-4H3,(H,15,16,18). The lowest BCUT2D eigenvalue weighted by molar-refractivity contribution is -0.0444. The van der Waals surface area contributed by atoms with E-state index in [1.807, 2.05) is 13.8 Å². The van der Waals surface area contributed by atoms with Gasteiger partial charge in [0, 0.05) is 25.2 Å². The largest absolute Gasteiger partial charge is 0.368 e. The van der Waals surface area contributed by atoms with Crippen LogP contribution in [0.1, 0.15) is 51.2 Å². The molecule has 1 aromatic heterocycles. The molecule has 1 N–H and O–H groups in total. The predicted molar refractivity (Wildman–Crippen MR) is 74.3 cm³/mol. The summed E-state index contributed by atoms with van der Waals surface area (Å²) < 4.78 is 5.76. The Morgan fingerprint density at radius 2 is 2.16 bits per heavy atom. The van der Waals surface area contributed by atoms with Gasteiger partial charge < -0.3 is 9.72 Å². The highest BCUT2D eigenvalue weighted by Crippen LogP contribution is 2.21. The highest BCUT2D eigenvalue weighted by Gasteiger charge is 2.25. The normalized spacial score (nSPS) is 21.3. The fourth-order valence-electron chi connectivity index (χ4n) is 2.25. The molecule has 2 heterocycles. The zero-order valence-electron chi connectivity index (χ0n) is 12.1. The Hall–Kier alpha value is -1.20. The monoisotopic (exact) mass is 265 g/mol. The van der Waals surface area contributed by atoms with Gasteiger partial charge in [-0.25, -0.2) is 4.98 Å². The maximum atomic E-state index is 11.7. The van der Waals surface area contributed by atoms with Crippen molar-refractivity contribution in [3.63, 3.8) is 0 Å². The van der Waals surface area contributed by atoms with Gasteiger partial charge in [0.2, 0.25) is 0 Å². The minimum atomic E-state index is -0.137. The maximum absolute atomic E-state index is 11.7. The van der Waals surface area contributed by atoms with Gasteiger partial charge in [0.05, 0.1) is 12.3 Å². The summed E-state index contributed by atoms with van der Waals surface area (Å²) in [6.07, 6.45) is -0.137. The SMILES string of the molecule is CC(C)c1cc(=O)[nH]c(C2CN(C(C)C)CCO2)n1. The van der Waals surface area contributed by atoms with Gasteiger partial charge >= 0.3 is 0 Å². The first-order valence-corrected chi connectivity index (χ1v) is 6.94. The first-order valence-electron chi connectivity index (χ1n) is 6.94. The van der Waals surface area contributed by atoms with Crippen molar-refractivity contribution in [2.24, 2.45) is 0 Å². The van der Waals surface area contributed by atoms with Crippen LogP contribution in [0.4, 0.5) is 0 Å². The fourth-order valence-corrected chi connectivity index (χ4v) is 2.25. The molecule has 1 saturated heterocycles. The van der Waals surface area contributed by atoms with Crippen molar-refractivity contribution in [3.8, 4) is 0 Å². The highest BCUT2D eigenvalue weighted by atomic mass is 16.5. The van der Waals surface area contributed by atoms with Crippen molar-refractivity contribution in [2.45, 2.75) is 45.8 Å². The minimum Gasteiger partial charge on any atom is -0.368 e. The lowest BCUT2D eigenvalue weighted by Gasteiger charge is -2.35. The summed E-state index contributed by atoms with van der Waals surface area (Å²) in [6, 6.07) is 2.04. The van der Waals surface area contributed by atoms with Crippen molar-refractivity contribution in [1.29, 1.82) is 0 Å². The van der Waals surface area contributed by atoms with Crippen LogP contribution in [0.15, 0.2) is 10.9 Å². The van der Waals surface area contributed by atoms with Gasteiger partial charge in [-0.3, -0.25) is 9.69 Å². The maximum Gasteiger partial charge on any atom is 0.251 e. The Morgan fingerprint density at radius 3 is 2.79 bits per heavy atom. The number of nitrogens with zero attached hydrogens (tertiary/aromatic N) is 2.